The zero-order chi connectivity index (χ0) is 13.5. The highest BCUT2D eigenvalue weighted by Crippen LogP contribution is 2.24. The van der Waals surface area contributed by atoms with Crippen molar-refractivity contribution in [3.05, 3.63) is 28.8 Å². The Morgan fingerprint density at radius 2 is 2.06 bits per heavy atom. The van der Waals surface area contributed by atoms with Gasteiger partial charge in [0.25, 0.3) is 0 Å². The molecule has 0 aliphatic heterocycles. The first kappa shape index (κ1) is 15.3. The molecule has 0 saturated heterocycles. The highest BCUT2D eigenvalue weighted by molar-refractivity contribution is 6.30. The molecule has 1 rings (SSSR count). The normalized spacial score (nSPS) is 12.8. The summed E-state index contributed by atoms with van der Waals surface area (Å²) in [6, 6.07) is 5.94. The van der Waals surface area contributed by atoms with Crippen LogP contribution in [0, 0.1) is 5.92 Å². The van der Waals surface area contributed by atoms with E-state index in [4.69, 9.17) is 22.1 Å². The van der Waals surface area contributed by atoms with Gasteiger partial charge >= 0.3 is 0 Å². The van der Waals surface area contributed by atoms with E-state index in [0.717, 1.165) is 42.2 Å². The maximum absolute atomic E-state index is 6.03. The van der Waals surface area contributed by atoms with Gasteiger partial charge in [0.15, 0.2) is 0 Å². The molecule has 1 unspecified atom stereocenters. The SMILES string of the molecule is CCC(N)Cc1cc(Cl)ccc1OCCC(C)C. The summed E-state index contributed by atoms with van der Waals surface area (Å²) in [4.78, 5) is 0. The smallest absolute Gasteiger partial charge is 0.122 e. The molecule has 0 aliphatic rings. The molecule has 0 amide bonds. The molecular formula is C15H24ClNO. The zero-order valence-corrected chi connectivity index (χ0v) is 12.3. The summed E-state index contributed by atoms with van der Waals surface area (Å²) in [6.45, 7) is 7.22. The van der Waals surface area contributed by atoms with Crippen LogP contribution in [0.2, 0.25) is 5.02 Å². The van der Waals surface area contributed by atoms with Crippen LogP contribution < -0.4 is 10.5 Å². The lowest BCUT2D eigenvalue weighted by Gasteiger charge is -2.15. The number of halogens is 1. The standard InChI is InChI=1S/C15H24ClNO/c1-4-14(17)10-12-9-13(16)5-6-15(12)18-8-7-11(2)3/h5-6,9,11,14H,4,7-8,10,17H2,1-3H3. The van der Waals surface area contributed by atoms with Crippen LogP contribution >= 0.6 is 11.6 Å². The van der Waals surface area contributed by atoms with Crippen LogP contribution in [0.4, 0.5) is 0 Å². The molecule has 1 aromatic carbocycles. The van der Waals surface area contributed by atoms with Gasteiger partial charge in [-0.25, -0.2) is 0 Å². The van der Waals surface area contributed by atoms with E-state index in [1.807, 2.05) is 18.2 Å². The Kier molecular flexibility index (Phi) is 6.51. The Labute approximate surface area is 115 Å². The van der Waals surface area contributed by atoms with E-state index in [1.54, 1.807) is 0 Å². The Morgan fingerprint density at radius 3 is 2.67 bits per heavy atom. The minimum Gasteiger partial charge on any atom is -0.493 e. The molecule has 18 heavy (non-hydrogen) atoms. The average Bonchev–Trinajstić information content (AvgIpc) is 2.31. The van der Waals surface area contributed by atoms with Gasteiger partial charge in [-0.2, -0.15) is 0 Å². The van der Waals surface area contributed by atoms with Gasteiger partial charge in [-0.05, 0) is 48.9 Å². The van der Waals surface area contributed by atoms with E-state index < -0.39 is 0 Å². The molecule has 1 atom stereocenters. The van der Waals surface area contributed by atoms with Crippen LogP contribution in [-0.4, -0.2) is 12.6 Å². The molecular weight excluding hydrogens is 246 g/mol. The van der Waals surface area contributed by atoms with Crippen LogP contribution in [0.5, 0.6) is 5.75 Å². The second-order valence-electron chi connectivity index (χ2n) is 5.16. The fourth-order valence-corrected chi connectivity index (χ4v) is 1.87. The second-order valence-corrected chi connectivity index (χ2v) is 5.59. The van der Waals surface area contributed by atoms with Crippen LogP contribution in [0.25, 0.3) is 0 Å². The van der Waals surface area contributed by atoms with Crippen molar-refractivity contribution in [1.29, 1.82) is 0 Å². The van der Waals surface area contributed by atoms with Crippen molar-refractivity contribution >= 4 is 11.6 Å². The maximum Gasteiger partial charge on any atom is 0.122 e. The van der Waals surface area contributed by atoms with Gasteiger partial charge in [0.1, 0.15) is 5.75 Å². The summed E-state index contributed by atoms with van der Waals surface area (Å²) in [5.41, 5.74) is 7.11. The minimum atomic E-state index is 0.163. The fourth-order valence-electron chi connectivity index (χ4n) is 1.68. The third kappa shape index (κ3) is 5.28. The summed E-state index contributed by atoms with van der Waals surface area (Å²) >= 11 is 6.03. The molecule has 0 bridgehead atoms. The molecule has 102 valence electrons. The van der Waals surface area contributed by atoms with E-state index >= 15 is 0 Å². The Balaban J connectivity index is 2.70. The number of nitrogens with two attached hydrogens (primary N) is 1. The summed E-state index contributed by atoms with van der Waals surface area (Å²) in [6.07, 6.45) is 2.83. The topological polar surface area (TPSA) is 35.2 Å². The predicted octanol–water partition coefficient (Wildman–Crippen LogP) is 4.04. The van der Waals surface area contributed by atoms with E-state index in [0.29, 0.717) is 5.92 Å². The number of hydrogen-bond donors (Lipinski definition) is 1. The van der Waals surface area contributed by atoms with E-state index in [-0.39, 0.29) is 6.04 Å². The monoisotopic (exact) mass is 269 g/mol. The lowest BCUT2D eigenvalue weighted by atomic mass is 10.0. The van der Waals surface area contributed by atoms with Crippen LogP contribution in [0.15, 0.2) is 18.2 Å². The number of benzene rings is 1. The van der Waals surface area contributed by atoms with Gasteiger partial charge in [0, 0.05) is 11.1 Å². The largest absolute Gasteiger partial charge is 0.493 e. The number of hydrogen-bond acceptors (Lipinski definition) is 2. The van der Waals surface area contributed by atoms with Crippen molar-refractivity contribution in [3.8, 4) is 5.75 Å². The maximum atomic E-state index is 6.03. The molecule has 0 saturated carbocycles. The van der Waals surface area contributed by atoms with Gasteiger partial charge in [-0.15, -0.1) is 0 Å². The molecule has 0 aliphatic carbocycles. The number of ether oxygens (including phenoxy) is 1. The van der Waals surface area contributed by atoms with Crippen LogP contribution in [0.1, 0.15) is 39.2 Å². The summed E-state index contributed by atoms with van der Waals surface area (Å²) in [5.74, 6) is 1.57. The van der Waals surface area contributed by atoms with Gasteiger partial charge in [-0.3, -0.25) is 0 Å². The predicted molar refractivity (Wildman–Crippen MR) is 78.4 cm³/mol. The quantitative estimate of drug-likeness (QED) is 0.811. The van der Waals surface area contributed by atoms with Crippen LogP contribution in [-0.2, 0) is 6.42 Å². The molecule has 0 heterocycles. The first-order chi connectivity index (χ1) is 8.52. The molecule has 2 N–H and O–H groups in total. The van der Waals surface area contributed by atoms with E-state index in [2.05, 4.69) is 20.8 Å². The van der Waals surface area contributed by atoms with Crippen molar-refractivity contribution in [2.75, 3.05) is 6.61 Å². The molecule has 3 heteroatoms. The highest BCUT2D eigenvalue weighted by Gasteiger charge is 2.09. The Morgan fingerprint density at radius 1 is 1.33 bits per heavy atom. The molecule has 0 aromatic heterocycles. The average molecular weight is 270 g/mol. The van der Waals surface area contributed by atoms with Crippen molar-refractivity contribution in [2.24, 2.45) is 11.7 Å². The fraction of sp³-hybridized carbons (Fsp3) is 0.600. The van der Waals surface area contributed by atoms with E-state index in [1.165, 1.54) is 0 Å². The Hall–Kier alpha value is -0.730. The van der Waals surface area contributed by atoms with Gasteiger partial charge in [0.05, 0.1) is 6.61 Å². The first-order valence-electron chi connectivity index (χ1n) is 6.69. The van der Waals surface area contributed by atoms with Crippen LogP contribution in [0.3, 0.4) is 0 Å². The zero-order valence-electron chi connectivity index (χ0n) is 11.6. The van der Waals surface area contributed by atoms with Gasteiger partial charge < -0.3 is 10.5 Å². The highest BCUT2D eigenvalue weighted by atomic mass is 35.5. The lowest BCUT2D eigenvalue weighted by Crippen LogP contribution is -2.21. The summed E-state index contributed by atoms with van der Waals surface area (Å²) < 4.78 is 5.83. The third-order valence-electron chi connectivity index (χ3n) is 2.98. The minimum absolute atomic E-state index is 0.163. The van der Waals surface area contributed by atoms with Crippen molar-refractivity contribution in [3.63, 3.8) is 0 Å². The Bertz CT molecular complexity index is 366. The van der Waals surface area contributed by atoms with Gasteiger partial charge in [-0.1, -0.05) is 32.4 Å². The number of rotatable bonds is 7. The molecule has 0 spiro atoms. The summed E-state index contributed by atoms with van der Waals surface area (Å²) in [5, 5.41) is 0.740. The molecule has 1 aromatic rings. The third-order valence-corrected chi connectivity index (χ3v) is 3.22. The molecule has 2 nitrogen and oxygen atoms in total. The van der Waals surface area contributed by atoms with Crippen molar-refractivity contribution in [2.45, 2.75) is 46.1 Å². The first-order valence-corrected chi connectivity index (χ1v) is 7.07. The second kappa shape index (κ2) is 7.65. The van der Waals surface area contributed by atoms with Crippen molar-refractivity contribution < 1.29 is 4.74 Å². The van der Waals surface area contributed by atoms with E-state index in [9.17, 15) is 0 Å². The van der Waals surface area contributed by atoms with Crippen molar-refractivity contribution in [1.82, 2.24) is 0 Å². The molecule has 0 fully saturated rings. The summed E-state index contributed by atoms with van der Waals surface area (Å²) in [7, 11) is 0. The van der Waals surface area contributed by atoms with Gasteiger partial charge in [0.2, 0.25) is 0 Å². The molecule has 0 radical (unpaired) electrons. The lowest BCUT2D eigenvalue weighted by molar-refractivity contribution is 0.286.